The number of carbonyl (C=O) groups excluding carboxylic acids is 1. The van der Waals surface area contributed by atoms with Crippen LogP contribution in [0.25, 0.3) is 0 Å². The molecule has 9 heteroatoms. The van der Waals surface area contributed by atoms with Gasteiger partial charge in [0.2, 0.25) is 5.91 Å². The highest BCUT2D eigenvalue weighted by Crippen LogP contribution is 2.23. The van der Waals surface area contributed by atoms with E-state index in [4.69, 9.17) is 0 Å². The van der Waals surface area contributed by atoms with Crippen LogP contribution in [0.2, 0.25) is 0 Å². The van der Waals surface area contributed by atoms with Gasteiger partial charge in [-0.1, -0.05) is 53.7 Å². The van der Waals surface area contributed by atoms with Crippen molar-refractivity contribution < 1.29 is 13.2 Å². The Morgan fingerprint density at radius 1 is 1.06 bits per heavy atom. The number of nitrogens with zero attached hydrogens (tertiary/aromatic N) is 4. The van der Waals surface area contributed by atoms with Gasteiger partial charge >= 0.3 is 0 Å². The van der Waals surface area contributed by atoms with Crippen molar-refractivity contribution in [1.29, 1.82) is 0 Å². The normalized spacial score (nSPS) is 13.8. The molecule has 0 fully saturated rings. The van der Waals surface area contributed by atoms with Crippen LogP contribution in [-0.4, -0.2) is 46.3 Å². The van der Waals surface area contributed by atoms with Crippen molar-refractivity contribution in [2.45, 2.75) is 35.7 Å². The van der Waals surface area contributed by atoms with Gasteiger partial charge in [-0.25, -0.2) is 8.42 Å². The van der Waals surface area contributed by atoms with E-state index in [1.165, 1.54) is 22.9 Å². The molecule has 0 saturated carbocycles. The van der Waals surface area contributed by atoms with Crippen LogP contribution in [0.3, 0.4) is 0 Å². The largest absolute Gasteiger partial charge is 0.337 e. The fourth-order valence-corrected chi connectivity index (χ4v) is 5.66. The summed E-state index contributed by atoms with van der Waals surface area (Å²) < 4.78 is 27.0. The summed E-state index contributed by atoms with van der Waals surface area (Å²) >= 11 is 1.28. The summed E-state index contributed by atoms with van der Waals surface area (Å²) in [5.41, 5.74) is 3.49. The second-order valence-corrected chi connectivity index (χ2v) is 10.6. The van der Waals surface area contributed by atoms with Crippen LogP contribution >= 0.6 is 11.8 Å². The molecule has 162 valence electrons. The number of sulfone groups is 1. The van der Waals surface area contributed by atoms with Crippen LogP contribution in [-0.2, 0) is 40.4 Å². The number of hydrogen-bond donors (Lipinski definition) is 0. The highest BCUT2D eigenvalue weighted by Gasteiger charge is 2.23. The molecule has 2 aromatic carbocycles. The topological polar surface area (TPSA) is 85.2 Å². The summed E-state index contributed by atoms with van der Waals surface area (Å²) in [6.45, 7) is 3.23. The van der Waals surface area contributed by atoms with E-state index < -0.39 is 9.84 Å². The molecule has 3 aromatic rings. The molecule has 0 unspecified atom stereocenters. The van der Waals surface area contributed by atoms with Gasteiger partial charge in [0, 0.05) is 20.1 Å². The number of fused-ring (bicyclic) bond motifs is 1. The Morgan fingerprint density at radius 3 is 2.52 bits per heavy atom. The van der Waals surface area contributed by atoms with Crippen LogP contribution in [0.15, 0.2) is 58.6 Å². The molecule has 1 aliphatic heterocycles. The Bertz CT molecular complexity index is 1200. The fraction of sp³-hybridized carbons (Fsp3) is 0.318. The van der Waals surface area contributed by atoms with Gasteiger partial charge in [-0.05, 0) is 36.6 Å². The van der Waals surface area contributed by atoms with Crippen molar-refractivity contribution in [3.8, 4) is 0 Å². The van der Waals surface area contributed by atoms with Crippen LogP contribution < -0.4 is 0 Å². The van der Waals surface area contributed by atoms with Crippen molar-refractivity contribution in [2.24, 2.45) is 7.05 Å². The molecule has 0 atom stereocenters. The number of rotatable bonds is 6. The molecule has 0 bridgehead atoms. The maximum absolute atomic E-state index is 12.7. The summed E-state index contributed by atoms with van der Waals surface area (Å²) in [5, 5.41) is 8.68. The lowest BCUT2D eigenvalue weighted by molar-refractivity contribution is -0.129. The van der Waals surface area contributed by atoms with Crippen molar-refractivity contribution in [1.82, 2.24) is 19.7 Å². The Morgan fingerprint density at radius 2 is 1.77 bits per heavy atom. The van der Waals surface area contributed by atoms with Crippen LogP contribution in [0.5, 0.6) is 0 Å². The second kappa shape index (κ2) is 8.84. The van der Waals surface area contributed by atoms with Crippen LogP contribution in [0.4, 0.5) is 0 Å². The first-order valence-corrected chi connectivity index (χ1v) is 12.6. The third-order valence-electron chi connectivity index (χ3n) is 5.43. The third-order valence-corrected chi connectivity index (χ3v) is 8.07. The summed E-state index contributed by atoms with van der Waals surface area (Å²) in [6.07, 6.45) is 0.859. The summed E-state index contributed by atoms with van der Waals surface area (Å²) in [7, 11) is -1.80. The van der Waals surface area contributed by atoms with E-state index in [0.29, 0.717) is 24.1 Å². The molecular formula is C22H24N4O3S2. The monoisotopic (exact) mass is 456 g/mol. The molecule has 1 aliphatic rings. The van der Waals surface area contributed by atoms with Gasteiger partial charge in [0.1, 0.15) is 11.6 Å². The molecule has 31 heavy (non-hydrogen) atoms. The Hall–Kier alpha value is -2.65. The van der Waals surface area contributed by atoms with Gasteiger partial charge < -0.3 is 9.47 Å². The number of benzene rings is 2. The number of carbonyl (C=O) groups is 1. The number of amides is 1. The molecule has 4 rings (SSSR count). The number of hydrogen-bond acceptors (Lipinski definition) is 6. The molecule has 0 aliphatic carbocycles. The minimum Gasteiger partial charge on any atom is -0.337 e. The van der Waals surface area contributed by atoms with Crippen molar-refractivity contribution in [3.05, 3.63) is 71.0 Å². The Balaban J connectivity index is 1.38. The highest BCUT2D eigenvalue weighted by molar-refractivity contribution is 7.99. The molecule has 1 amide bonds. The van der Waals surface area contributed by atoms with E-state index in [9.17, 15) is 13.2 Å². The van der Waals surface area contributed by atoms with E-state index >= 15 is 0 Å². The van der Waals surface area contributed by atoms with Crippen molar-refractivity contribution in [3.63, 3.8) is 0 Å². The highest BCUT2D eigenvalue weighted by atomic mass is 32.2. The zero-order chi connectivity index (χ0) is 22.0. The fourth-order valence-electron chi connectivity index (χ4n) is 3.52. The molecule has 7 nitrogen and oxygen atoms in total. The zero-order valence-electron chi connectivity index (χ0n) is 17.5. The summed E-state index contributed by atoms with van der Waals surface area (Å²) in [4.78, 5) is 14.8. The maximum Gasteiger partial charge on any atom is 0.233 e. The molecule has 0 N–H and O–H groups in total. The smallest absolute Gasteiger partial charge is 0.233 e. The van der Waals surface area contributed by atoms with Crippen molar-refractivity contribution >= 4 is 27.5 Å². The summed E-state index contributed by atoms with van der Waals surface area (Å²) in [6, 6.07) is 14.9. The van der Waals surface area contributed by atoms with E-state index in [0.717, 1.165) is 12.0 Å². The molecular weight excluding hydrogens is 432 g/mol. The predicted octanol–water partition coefficient (Wildman–Crippen LogP) is 2.77. The first kappa shape index (κ1) is 21.6. The van der Waals surface area contributed by atoms with Gasteiger partial charge in [0.05, 0.1) is 10.6 Å². The SMILES string of the molecule is Cc1ccc(S(=O)(=O)Cc2nnc(SCC(=O)N3CCc4ccccc4C3)n2C)cc1. The lowest BCUT2D eigenvalue weighted by Gasteiger charge is -2.28. The molecule has 0 radical (unpaired) electrons. The van der Waals surface area contributed by atoms with E-state index in [2.05, 4.69) is 22.3 Å². The van der Waals surface area contributed by atoms with E-state index in [1.54, 1.807) is 35.9 Å². The third kappa shape index (κ3) is 4.83. The quantitative estimate of drug-likeness (QED) is 0.530. The number of aromatic nitrogens is 3. The molecule has 0 saturated heterocycles. The lowest BCUT2D eigenvalue weighted by atomic mass is 10.00. The first-order valence-electron chi connectivity index (χ1n) is 9.98. The molecule has 2 heterocycles. The molecule has 1 aromatic heterocycles. The predicted molar refractivity (Wildman–Crippen MR) is 119 cm³/mol. The minimum absolute atomic E-state index is 0.0383. The Labute approximate surface area is 186 Å². The maximum atomic E-state index is 12.7. The summed E-state index contributed by atoms with van der Waals surface area (Å²) in [5.74, 6) is 0.384. The van der Waals surface area contributed by atoms with Gasteiger partial charge in [-0.15, -0.1) is 10.2 Å². The van der Waals surface area contributed by atoms with Gasteiger partial charge in [-0.2, -0.15) is 0 Å². The van der Waals surface area contributed by atoms with E-state index in [-0.39, 0.29) is 22.3 Å². The standard InChI is InChI=1S/C22H24N4O3S2/c1-16-7-9-19(10-8-16)31(28,29)15-20-23-24-22(25(20)2)30-14-21(27)26-12-11-17-5-3-4-6-18(17)13-26/h3-10H,11-15H2,1-2H3. The number of thioether (sulfide) groups is 1. The molecule has 0 spiro atoms. The van der Waals surface area contributed by atoms with E-state index in [1.807, 2.05) is 24.0 Å². The first-order chi connectivity index (χ1) is 14.8. The van der Waals surface area contributed by atoms with Gasteiger partial charge in [-0.3, -0.25) is 4.79 Å². The lowest BCUT2D eigenvalue weighted by Crippen LogP contribution is -2.37. The number of aryl methyl sites for hydroxylation is 1. The second-order valence-electron chi connectivity index (χ2n) is 7.65. The van der Waals surface area contributed by atoms with Crippen LogP contribution in [0, 0.1) is 6.92 Å². The van der Waals surface area contributed by atoms with Crippen molar-refractivity contribution in [2.75, 3.05) is 12.3 Å². The van der Waals surface area contributed by atoms with Gasteiger partial charge in [0.15, 0.2) is 15.0 Å². The minimum atomic E-state index is -3.52. The average Bonchev–Trinajstić information content (AvgIpc) is 3.10. The van der Waals surface area contributed by atoms with Gasteiger partial charge in [0.25, 0.3) is 0 Å². The zero-order valence-corrected chi connectivity index (χ0v) is 19.1. The Kier molecular flexibility index (Phi) is 6.15. The van der Waals surface area contributed by atoms with Crippen LogP contribution in [0.1, 0.15) is 22.5 Å². The average molecular weight is 457 g/mol.